The van der Waals surface area contributed by atoms with Crippen LogP contribution in [0.2, 0.25) is 0 Å². The van der Waals surface area contributed by atoms with Crippen molar-refractivity contribution in [3.63, 3.8) is 0 Å². The molecule has 0 bridgehead atoms. The number of carbonyl (C=O) groups excluding carboxylic acids is 18. The molecule has 0 aromatic rings. The molecule has 0 spiro atoms. The van der Waals surface area contributed by atoms with Gasteiger partial charge in [0.1, 0.15) is 67.5 Å². The van der Waals surface area contributed by atoms with E-state index in [1.807, 2.05) is 31.3 Å². The second-order valence-electron chi connectivity index (χ2n) is 29.8. The lowest BCUT2D eigenvalue weighted by atomic mass is 9.96. The summed E-state index contributed by atoms with van der Waals surface area (Å²) in [5.41, 5.74) is 0. The van der Waals surface area contributed by atoms with E-state index in [0.717, 1.165) is 34.3 Å². The normalized spacial score (nSPS) is 20.4. The summed E-state index contributed by atoms with van der Waals surface area (Å²) in [6.07, 6.45) is 1.50. The van der Waals surface area contributed by atoms with Crippen LogP contribution < -0.4 is 58.5 Å². The molecule has 0 aliphatic carbocycles. The third kappa shape index (κ3) is 38.3. The maximum Gasteiger partial charge on any atom is 0.322 e. The highest BCUT2D eigenvalue weighted by Gasteiger charge is 2.41. The highest BCUT2D eigenvalue weighted by atomic mass is 16.5. The summed E-state index contributed by atoms with van der Waals surface area (Å²) in [6, 6.07) is -12.6. The van der Waals surface area contributed by atoms with Crippen molar-refractivity contribution in [3.05, 3.63) is 12.2 Å². The van der Waals surface area contributed by atoms with Crippen LogP contribution in [0.25, 0.3) is 0 Å². The van der Waals surface area contributed by atoms with Crippen LogP contribution in [0.3, 0.4) is 0 Å². The second-order valence-corrected chi connectivity index (χ2v) is 29.8. The summed E-state index contributed by atoms with van der Waals surface area (Å²) in [5.74, 6) is -21.1. The van der Waals surface area contributed by atoms with Gasteiger partial charge in [0.15, 0.2) is 0 Å². The smallest absolute Gasteiger partial charge is 0.322 e. The standard InChI is InChI=1S/C74H122N18O25/c1-18-20-21-44(9)30-51-69(111)80-35-59(99)86(11)38-60(100)89(14)50(28-41(3)4)70(112)85-65(43(7)8)74(116)87(12)37-57(97)81-45(10)66(108)84-48(71(113)91(16)49(19-2)73(115)92(17)52(29-42(5)6)72(114)88(13)39-61(101)90(51)15)26-27-117-40-58(98)76-31-53(93)75-33-55(95)82-47(23-25-63(104)105)68(110)79-34-56(96)83-46(22-24-62(102)103)67(109)78-32-54(94)77-36-64(106)107/h18,20,41-52,65H,19,21-40H2,1-17H3,(H,75,93)(H,76,98)(H,77,94)(H,78,109)(H,79,110)(H,80,111)(H,81,97)(H,82,95)(H,83,96)(H,84,108)(H,85,112)(H,102,103)(H,104,105)(H,106,107). The zero-order valence-electron chi connectivity index (χ0n) is 70.0. The van der Waals surface area contributed by atoms with E-state index in [1.165, 1.54) is 56.3 Å². The van der Waals surface area contributed by atoms with Gasteiger partial charge in [-0.1, -0.05) is 67.5 Å². The lowest BCUT2D eigenvalue weighted by molar-refractivity contribution is -0.152. The Labute approximate surface area is 680 Å². The van der Waals surface area contributed by atoms with E-state index in [4.69, 9.17) is 14.9 Å². The molecule has 1 aliphatic rings. The molecule has 14 N–H and O–H groups in total. The third-order valence-corrected chi connectivity index (χ3v) is 18.6. The first kappa shape index (κ1) is 104. The average Bonchev–Trinajstić information content (AvgIpc) is 0.816. The maximum atomic E-state index is 14.9. The minimum absolute atomic E-state index is 0.0457. The summed E-state index contributed by atoms with van der Waals surface area (Å²) in [7, 11) is 9.25. The van der Waals surface area contributed by atoms with Gasteiger partial charge in [0, 0.05) is 68.8 Å². The molecule has 117 heavy (non-hydrogen) atoms. The van der Waals surface area contributed by atoms with Crippen molar-refractivity contribution in [2.45, 2.75) is 188 Å². The van der Waals surface area contributed by atoms with Gasteiger partial charge in [0.2, 0.25) is 106 Å². The van der Waals surface area contributed by atoms with Crippen LogP contribution in [-0.4, -0.2) is 350 Å². The number of likely N-dealkylation sites (N-methyl/N-ethyl adjacent to an activating group) is 7. The third-order valence-electron chi connectivity index (χ3n) is 18.6. The van der Waals surface area contributed by atoms with Crippen LogP contribution in [0.15, 0.2) is 12.2 Å². The number of carboxylic acid groups (broad SMARTS) is 3. The van der Waals surface area contributed by atoms with Crippen molar-refractivity contribution in [2.24, 2.45) is 23.7 Å². The molecule has 0 saturated carbocycles. The molecule has 10 unspecified atom stereocenters. The quantitative estimate of drug-likeness (QED) is 0.0208. The molecule has 0 aromatic carbocycles. The second kappa shape index (κ2) is 52.2. The van der Waals surface area contributed by atoms with Gasteiger partial charge in [-0.2, -0.15) is 0 Å². The Bertz CT molecular complexity index is 3560. The largest absolute Gasteiger partial charge is 0.481 e. The first-order valence-corrected chi connectivity index (χ1v) is 38.3. The summed E-state index contributed by atoms with van der Waals surface area (Å²) in [6.45, 7) is 9.07. The Hall–Kier alpha value is -11.4. The molecule has 1 heterocycles. The number of rotatable bonds is 35. The Morgan fingerprint density at radius 1 is 0.487 bits per heavy atom. The Morgan fingerprint density at radius 2 is 0.949 bits per heavy atom. The molecule has 1 fully saturated rings. The first-order valence-electron chi connectivity index (χ1n) is 38.3. The van der Waals surface area contributed by atoms with E-state index in [-0.39, 0.29) is 43.4 Å². The molecular formula is C74H122N18O25. The molecule has 0 radical (unpaired) electrons. The summed E-state index contributed by atoms with van der Waals surface area (Å²) < 4.78 is 5.57. The van der Waals surface area contributed by atoms with Gasteiger partial charge in [-0.15, -0.1) is 0 Å². The van der Waals surface area contributed by atoms with Gasteiger partial charge in [-0.05, 0) is 88.9 Å². The fourth-order valence-corrected chi connectivity index (χ4v) is 11.7. The number of amides is 18. The van der Waals surface area contributed by atoms with Crippen LogP contribution in [-0.2, 0) is 105 Å². The Balaban J connectivity index is 3.66. The van der Waals surface area contributed by atoms with Crippen LogP contribution in [0.1, 0.15) is 133 Å². The molecule has 43 nitrogen and oxygen atoms in total. The molecule has 0 aromatic heterocycles. The number of carbonyl (C=O) groups is 21. The fourth-order valence-electron chi connectivity index (χ4n) is 11.7. The number of carboxylic acids is 3. The number of allylic oxidation sites excluding steroid dienone is 2. The molecule has 43 heteroatoms. The highest BCUT2D eigenvalue weighted by molar-refractivity contribution is 6.00. The van der Waals surface area contributed by atoms with Gasteiger partial charge in [0.05, 0.1) is 52.4 Å². The Morgan fingerprint density at radius 3 is 1.44 bits per heavy atom. The predicted molar refractivity (Wildman–Crippen MR) is 417 cm³/mol. The minimum atomic E-state index is -1.66. The summed E-state index contributed by atoms with van der Waals surface area (Å²) >= 11 is 0. The zero-order valence-corrected chi connectivity index (χ0v) is 70.0. The van der Waals surface area contributed by atoms with E-state index in [1.54, 1.807) is 48.5 Å². The highest BCUT2D eigenvalue weighted by Crippen LogP contribution is 2.21. The van der Waals surface area contributed by atoms with Gasteiger partial charge >= 0.3 is 17.9 Å². The summed E-state index contributed by atoms with van der Waals surface area (Å²) in [5, 5.41) is 52.6. The molecular weight excluding hydrogens is 1540 g/mol. The van der Waals surface area contributed by atoms with Crippen LogP contribution in [0.5, 0.6) is 0 Å². The lowest BCUT2D eigenvalue weighted by Crippen LogP contribution is -2.59. The van der Waals surface area contributed by atoms with Crippen molar-refractivity contribution in [1.29, 1.82) is 0 Å². The van der Waals surface area contributed by atoms with Crippen molar-refractivity contribution >= 4 is 124 Å². The van der Waals surface area contributed by atoms with Gasteiger partial charge in [-0.25, -0.2) is 0 Å². The zero-order chi connectivity index (χ0) is 89.4. The molecule has 1 saturated heterocycles. The van der Waals surface area contributed by atoms with Crippen molar-refractivity contribution in [1.82, 2.24) is 92.8 Å². The van der Waals surface area contributed by atoms with Crippen LogP contribution >= 0.6 is 0 Å². The molecule has 1 rings (SSSR count). The first-order chi connectivity index (χ1) is 54.6. The monoisotopic (exact) mass is 1660 g/mol. The van der Waals surface area contributed by atoms with E-state index < -0.39 is 289 Å². The molecule has 10 atom stereocenters. The topological polar surface area (TPSA) is 583 Å². The van der Waals surface area contributed by atoms with Crippen molar-refractivity contribution in [3.8, 4) is 0 Å². The molecule has 658 valence electrons. The van der Waals surface area contributed by atoms with E-state index in [0.29, 0.717) is 6.42 Å². The minimum Gasteiger partial charge on any atom is -0.481 e. The van der Waals surface area contributed by atoms with E-state index >= 15 is 0 Å². The predicted octanol–water partition coefficient (Wildman–Crippen LogP) is -5.80. The van der Waals surface area contributed by atoms with Crippen molar-refractivity contribution < 1.29 is 121 Å². The number of aliphatic carboxylic acids is 3. The van der Waals surface area contributed by atoms with Gasteiger partial charge in [0.25, 0.3) is 0 Å². The summed E-state index contributed by atoms with van der Waals surface area (Å²) in [4.78, 5) is 288. The number of hydrogen-bond donors (Lipinski definition) is 14. The number of hydrogen-bond acceptors (Lipinski definition) is 22. The molecule has 1 aliphatic heterocycles. The van der Waals surface area contributed by atoms with Crippen LogP contribution in [0.4, 0.5) is 0 Å². The Kier molecular flexibility index (Phi) is 46.2. The van der Waals surface area contributed by atoms with Crippen LogP contribution in [0, 0.1) is 23.7 Å². The van der Waals surface area contributed by atoms with Crippen molar-refractivity contribution in [2.75, 3.05) is 121 Å². The SMILES string of the molecule is CC=CCC(C)CC1C(=O)NCC(=O)N(C)CC(=O)N(C)C(CC(C)C)C(=O)NC(C(C)C)C(=O)N(C)CC(=O)NC(C)C(=O)NC(CCOCC(=O)NCC(=O)NCC(=O)NC(CCC(=O)O)C(=O)NCC(=O)NC(CCC(=O)O)C(=O)NCC(=O)NCC(=O)O)C(=O)N(C)C(CC)C(=O)N(C)C(CC(C)C)C(=O)N(C)CC(=O)N1C. The number of nitrogens with one attached hydrogen (secondary N) is 11. The maximum absolute atomic E-state index is 14.9. The average molecular weight is 1660 g/mol. The number of ether oxygens (including phenoxy) is 1. The van der Waals surface area contributed by atoms with E-state index in [2.05, 4.69) is 53.2 Å². The van der Waals surface area contributed by atoms with Gasteiger partial charge < -0.3 is 113 Å². The lowest BCUT2D eigenvalue weighted by Gasteiger charge is -2.37. The van der Waals surface area contributed by atoms with E-state index in [9.17, 15) is 106 Å². The number of nitrogens with zero attached hydrogens (tertiary/aromatic N) is 7. The fraction of sp³-hybridized carbons (Fsp3) is 0.689. The molecule has 18 amide bonds. The van der Waals surface area contributed by atoms with Gasteiger partial charge in [-0.3, -0.25) is 101 Å².